The number of hydrogen-bond acceptors (Lipinski definition) is 6. The Hall–Kier alpha value is -4.19. The van der Waals surface area contributed by atoms with Gasteiger partial charge in [-0.15, -0.1) is 0 Å². The first-order valence-corrected chi connectivity index (χ1v) is 10.3. The van der Waals surface area contributed by atoms with Gasteiger partial charge >= 0.3 is 6.18 Å². The summed E-state index contributed by atoms with van der Waals surface area (Å²) in [6.45, 7) is 3.18. The maximum Gasteiger partial charge on any atom is 0.433 e. The zero-order valence-corrected chi connectivity index (χ0v) is 18.8. The van der Waals surface area contributed by atoms with Crippen molar-refractivity contribution in [1.82, 2.24) is 14.6 Å². The van der Waals surface area contributed by atoms with Crippen molar-refractivity contribution in [3.63, 3.8) is 0 Å². The fourth-order valence-corrected chi connectivity index (χ4v) is 3.53. The van der Waals surface area contributed by atoms with E-state index < -0.39 is 33.4 Å². The molecule has 0 saturated carbocycles. The second-order valence-electron chi connectivity index (χ2n) is 7.52. The van der Waals surface area contributed by atoms with E-state index in [1.165, 1.54) is 13.0 Å². The molecule has 0 aliphatic heterocycles. The second kappa shape index (κ2) is 8.87. The van der Waals surface area contributed by atoms with Crippen molar-refractivity contribution < 1.29 is 27.6 Å². The maximum atomic E-state index is 13.4. The standard InChI is InChI=1S/C22H15ClF3N5O4/c1-11-4-3-5-15(6-11)35-16-9-13(8-14(10-16)31(33)34)28-21(32)19-18(23)20-27-12(2)7-17(22(24,25)26)30(20)29-19/h3-10H,1-2H3,(H,28,32). The van der Waals surface area contributed by atoms with Crippen LogP contribution in [0.25, 0.3) is 5.65 Å². The molecule has 0 aliphatic rings. The summed E-state index contributed by atoms with van der Waals surface area (Å²) in [4.78, 5) is 27.5. The summed E-state index contributed by atoms with van der Waals surface area (Å²) in [5.41, 5.74) is -1.58. The highest BCUT2D eigenvalue weighted by molar-refractivity contribution is 6.37. The molecule has 0 atom stereocenters. The number of aromatic nitrogens is 3. The van der Waals surface area contributed by atoms with Gasteiger partial charge in [0.05, 0.1) is 16.7 Å². The Kier molecular flexibility index (Phi) is 6.07. The molecule has 180 valence electrons. The summed E-state index contributed by atoms with van der Waals surface area (Å²) in [7, 11) is 0. The topological polar surface area (TPSA) is 112 Å². The van der Waals surface area contributed by atoms with Crippen LogP contribution in [0.3, 0.4) is 0 Å². The molecule has 35 heavy (non-hydrogen) atoms. The van der Waals surface area contributed by atoms with E-state index in [0.29, 0.717) is 10.3 Å². The summed E-state index contributed by atoms with van der Waals surface area (Å²) in [5.74, 6) is -0.529. The van der Waals surface area contributed by atoms with Crippen LogP contribution in [0.4, 0.5) is 24.5 Å². The summed E-state index contributed by atoms with van der Waals surface area (Å²) in [6, 6.07) is 11.3. The second-order valence-corrected chi connectivity index (χ2v) is 7.90. The maximum absolute atomic E-state index is 13.4. The fraction of sp³-hybridized carbons (Fsp3) is 0.136. The molecule has 1 amide bonds. The van der Waals surface area contributed by atoms with Gasteiger partial charge in [-0.05, 0) is 37.6 Å². The summed E-state index contributed by atoms with van der Waals surface area (Å²) in [5, 5.41) is 17.1. The molecule has 2 aromatic heterocycles. The number of alkyl halides is 3. The fourth-order valence-electron chi connectivity index (χ4n) is 3.28. The number of aryl methyl sites for hydroxylation is 2. The molecule has 0 bridgehead atoms. The zero-order chi connectivity index (χ0) is 25.5. The summed E-state index contributed by atoms with van der Waals surface area (Å²) < 4.78 is 46.4. The van der Waals surface area contributed by atoms with Gasteiger partial charge in [-0.25, -0.2) is 9.50 Å². The summed E-state index contributed by atoms with van der Waals surface area (Å²) in [6.07, 6.45) is -4.78. The Labute approximate surface area is 200 Å². The van der Waals surface area contributed by atoms with Gasteiger partial charge in [0.15, 0.2) is 11.3 Å². The first kappa shape index (κ1) is 24.0. The van der Waals surface area contributed by atoms with Gasteiger partial charge in [-0.3, -0.25) is 14.9 Å². The number of nitro groups is 1. The van der Waals surface area contributed by atoms with E-state index in [0.717, 1.165) is 23.8 Å². The lowest BCUT2D eigenvalue weighted by molar-refractivity contribution is -0.384. The number of nitrogens with zero attached hydrogens (tertiary/aromatic N) is 4. The van der Waals surface area contributed by atoms with E-state index in [-0.39, 0.29) is 28.5 Å². The quantitative estimate of drug-likeness (QED) is 0.264. The average molecular weight is 506 g/mol. The molecule has 0 aliphatic carbocycles. The minimum atomic E-state index is -4.78. The smallest absolute Gasteiger partial charge is 0.433 e. The van der Waals surface area contributed by atoms with E-state index in [4.69, 9.17) is 16.3 Å². The largest absolute Gasteiger partial charge is 0.457 e. The number of non-ortho nitro benzene ring substituents is 1. The molecule has 0 unspecified atom stereocenters. The molecular formula is C22H15ClF3N5O4. The number of fused-ring (bicyclic) bond motifs is 1. The number of anilines is 1. The number of carbonyl (C=O) groups is 1. The lowest BCUT2D eigenvalue weighted by Crippen LogP contribution is -2.16. The number of benzene rings is 2. The Morgan fingerprint density at radius 2 is 1.89 bits per heavy atom. The molecule has 13 heteroatoms. The number of ether oxygens (including phenoxy) is 1. The Bertz CT molecular complexity index is 1490. The van der Waals surface area contributed by atoms with Crippen molar-refractivity contribution in [3.05, 3.63) is 86.3 Å². The highest BCUT2D eigenvalue weighted by Gasteiger charge is 2.36. The molecule has 0 saturated heterocycles. The van der Waals surface area contributed by atoms with Crippen molar-refractivity contribution in [2.24, 2.45) is 0 Å². The van der Waals surface area contributed by atoms with Gasteiger partial charge in [-0.1, -0.05) is 23.7 Å². The van der Waals surface area contributed by atoms with Crippen LogP contribution in [0, 0.1) is 24.0 Å². The highest BCUT2D eigenvalue weighted by Crippen LogP contribution is 2.33. The van der Waals surface area contributed by atoms with Crippen molar-refractivity contribution in [2.45, 2.75) is 20.0 Å². The molecule has 1 N–H and O–H groups in total. The third-order valence-corrected chi connectivity index (χ3v) is 5.10. The molecule has 0 spiro atoms. The van der Waals surface area contributed by atoms with Crippen LogP contribution in [0.2, 0.25) is 5.02 Å². The SMILES string of the molecule is Cc1cccc(Oc2cc(NC(=O)c3nn4c(C(F)(F)F)cc(C)nc4c3Cl)cc([N+](=O)[O-])c2)c1. The molecule has 9 nitrogen and oxygen atoms in total. The van der Waals surface area contributed by atoms with Crippen LogP contribution in [-0.2, 0) is 6.18 Å². The van der Waals surface area contributed by atoms with Crippen LogP contribution in [0.1, 0.15) is 27.4 Å². The van der Waals surface area contributed by atoms with Crippen LogP contribution in [0.5, 0.6) is 11.5 Å². The van der Waals surface area contributed by atoms with Crippen molar-refractivity contribution in [2.75, 3.05) is 5.32 Å². The number of carbonyl (C=O) groups excluding carboxylic acids is 1. The van der Waals surface area contributed by atoms with Crippen molar-refractivity contribution >= 4 is 34.5 Å². The molecule has 4 rings (SSSR count). The average Bonchev–Trinajstić information content (AvgIpc) is 3.08. The van der Waals surface area contributed by atoms with Crippen LogP contribution in [0.15, 0.2) is 48.5 Å². The minimum Gasteiger partial charge on any atom is -0.457 e. The molecule has 2 heterocycles. The molecular weight excluding hydrogens is 491 g/mol. The number of nitro benzene ring substituents is 1. The Morgan fingerprint density at radius 3 is 2.54 bits per heavy atom. The van der Waals surface area contributed by atoms with Gasteiger partial charge in [0, 0.05) is 17.8 Å². The van der Waals surface area contributed by atoms with E-state index >= 15 is 0 Å². The van der Waals surface area contributed by atoms with Crippen molar-refractivity contribution in [1.29, 1.82) is 0 Å². The van der Waals surface area contributed by atoms with E-state index in [1.54, 1.807) is 18.2 Å². The van der Waals surface area contributed by atoms with Gasteiger partial charge in [0.1, 0.15) is 22.2 Å². The van der Waals surface area contributed by atoms with E-state index in [1.807, 2.05) is 13.0 Å². The van der Waals surface area contributed by atoms with Gasteiger partial charge in [0.25, 0.3) is 11.6 Å². The monoisotopic (exact) mass is 505 g/mol. The van der Waals surface area contributed by atoms with E-state index in [2.05, 4.69) is 15.4 Å². The Morgan fingerprint density at radius 1 is 1.14 bits per heavy atom. The minimum absolute atomic E-state index is 0.0233. The lowest BCUT2D eigenvalue weighted by Gasteiger charge is -2.09. The van der Waals surface area contributed by atoms with Crippen LogP contribution < -0.4 is 10.1 Å². The lowest BCUT2D eigenvalue weighted by atomic mass is 10.2. The Balaban J connectivity index is 1.71. The predicted octanol–water partition coefficient (Wildman–Crippen LogP) is 5.97. The third-order valence-electron chi connectivity index (χ3n) is 4.75. The van der Waals surface area contributed by atoms with E-state index in [9.17, 15) is 28.1 Å². The van der Waals surface area contributed by atoms with Gasteiger partial charge < -0.3 is 10.1 Å². The first-order valence-electron chi connectivity index (χ1n) is 9.91. The molecule has 0 radical (unpaired) electrons. The number of rotatable bonds is 5. The molecule has 4 aromatic rings. The third kappa shape index (κ3) is 5.01. The van der Waals surface area contributed by atoms with Crippen LogP contribution in [-0.4, -0.2) is 25.4 Å². The molecule has 2 aromatic carbocycles. The zero-order valence-electron chi connectivity index (χ0n) is 18.1. The first-order chi connectivity index (χ1) is 16.4. The van der Waals surface area contributed by atoms with Gasteiger partial charge in [-0.2, -0.15) is 18.3 Å². The number of amides is 1. The summed E-state index contributed by atoms with van der Waals surface area (Å²) >= 11 is 6.14. The van der Waals surface area contributed by atoms with Crippen molar-refractivity contribution in [3.8, 4) is 11.5 Å². The molecule has 0 fully saturated rings. The number of hydrogen-bond donors (Lipinski definition) is 1. The van der Waals surface area contributed by atoms with Gasteiger partial charge in [0.2, 0.25) is 0 Å². The highest BCUT2D eigenvalue weighted by atomic mass is 35.5. The number of halogens is 4. The predicted molar refractivity (Wildman–Crippen MR) is 120 cm³/mol. The normalized spacial score (nSPS) is 11.5. The number of nitrogens with one attached hydrogen (secondary N) is 1. The van der Waals surface area contributed by atoms with Crippen LogP contribution >= 0.6 is 11.6 Å².